The number of carbonyl (C=O) groups excluding carboxylic acids is 6. The Kier molecular flexibility index (Phi) is 14.9. The lowest BCUT2D eigenvalue weighted by atomic mass is 9.84. The second-order valence-corrected chi connectivity index (χ2v) is 15.9. The molecule has 4 N–H and O–H groups in total. The molecule has 0 aromatic heterocycles. The van der Waals surface area contributed by atoms with Crippen molar-refractivity contribution in [2.24, 2.45) is 22.7 Å². The summed E-state index contributed by atoms with van der Waals surface area (Å²) < 4.78 is 39.6. The standard InChI is InChI=1S/C35H57F3N6O6/c1-10-17-39-30(48)27(46)23(14-16-35(36,37)38)40-29(47)26-22(21(2)3)15-19-44(26)31(49)28(34(7,8)9)42-32(50)41-24(33(4,5)6)20-43-18-12-11-13-25(43)45/h10,21-24,26,28H,1,11-20H2,2-9H3,(H,39,48)(H,40,47)(H2,41,42,50)/t22-,23?,24-,26+,28-/m1/s1. The van der Waals surface area contributed by atoms with Crippen LogP contribution in [0.2, 0.25) is 0 Å². The van der Waals surface area contributed by atoms with E-state index >= 15 is 0 Å². The number of likely N-dealkylation sites (tertiary alicyclic amines) is 2. The summed E-state index contributed by atoms with van der Waals surface area (Å²) in [5, 5.41) is 10.4. The minimum atomic E-state index is -4.65. The molecule has 2 rings (SSSR count). The van der Waals surface area contributed by atoms with Crippen LogP contribution in [0.15, 0.2) is 12.7 Å². The smallest absolute Gasteiger partial charge is 0.346 e. The normalized spacial score (nSPS) is 20.5. The highest BCUT2D eigenvalue weighted by Crippen LogP contribution is 2.34. The van der Waals surface area contributed by atoms with Crippen LogP contribution in [0, 0.1) is 22.7 Å². The molecule has 12 nitrogen and oxygen atoms in total. The fourth-order valence-corrected chi connectivity index (χ4v) is 6.30. The van der Waals surface area contributed by atoms with Gasteiger partial charge >= 0.3 is 12.2 Å². The van der Waals surface area contributed by atoms with E-state index in [1.54, 1.807) is 25.7 Å². The predicted molar refractivity (Wildman–Crippen MR) is 182 cm³/mol. The summed E-state index contributed by atoms with van der Waals surface area (Å²) in [6, 6.07) is -5.18. The molecular formula is C35H57F3N6O6. The fourth-order valence-electron chi connectivity index (χ4n) is 6.30. The van der Waals surface area contributed by atoms with Crippen LogP contribution in [0.3, 0.4) is 0 Å². The molecule has 5 atom stereocenters. The Labute approximate surface area is 294 Å². The highest BCUT2D eigenvalue weighted by Gasteiger charge is 2.48. The lowest BCUT2D eigenvalue weighted by molar-refractivity contribution is -0.147. The van der Waals surface area contributed by atoms with Crippen molar-refractivity contribution >= 4 is 35.4 Å². The summed E-state index contributed by atoms with van der Waals surface area (Å²) in [6.07, 6.45) is -3.12. The average Bonchev–Trinajstić information content (AvgIpc) is 3.45. The highest BCUT2D eigenvalue weighted by atomic mass is 19.4. The summed E-state index contributed by atoms with van der Waals surface area (Å²) in [5.74, 6) is -4.38. The second kappa shape index (κ2) is 17.5. The molecule has 6 amide bonds. The Hall–Kier alpha value is -3.65. The molecule has 0 aliphatic carbocycles. The monoisotopic (exact) mass is 714 g/mol. The van der Waals surface area contributed by atoms with Crippen molar-refractivity contribution < 1.29 is 41.9 Å². The Morgan fingerprint density at radius 1 is 0.940 bits per heavy atom. The molecule has 0 spiro atoms. The molecular weight excluding hydrogens is 657 g/mol. The molecule has 2 fully saturated rings. The first-order chi connectivity index (χ1) is 23.0. The van der Waals surface area contributed by atoms with Gasteiger partial charge < -0.3 is 31.1 Å². The maximum Gasteiger partial charge on any atom is 0.389 e. The molecule has 2 aliphatic heterocycles. The van der Waals surface area contributed by atoms with E-state index in [0.29, 0.717) is 25.9 Å². The van der Waals surface area contributed by atoms with Crippen LogP contribution in [-0.2, 0) is 24.0 Å². The van der Waals surface area contributed by atoms with Gasteiger partial charge in [0.05, 0.1) is 12.1 Å². The van der Waals surface area contributed by atoms with Gasteiger partial charge in [-0.3, -0.25) is 24.0 Å². The van der Waals surface area contributed by atoms with Crippen molar-refractivity contribution in [2.45, 2.75) is 124 Å². The predicted octanol–water partition coefficient (Wildman–Crippen LogP) is 3.70. The molecule has 1 unspecified atom stereocenters. The SMILES string of the molecule is C=CCNC(=O)C(=O)C(CCC(F)(F)F)NC(=O)[C@@H]1[C@@H](C(C)C)CCN1C(=O)[C@@H](NC(=O)N[C@H](CN1CCCCC1=O)C(C)(C)C)C(C)(C)C. The number of rotatable bonds is 14. The van der Waals surface area contributed by atoms with E-state index in [1.165, 1.54) is 11.0 Å². The number of piperidine rings is 1. The van der Waals surface area contributed by atoms with Gasteiger partial charge in [-0.2, -0.15) is 13.2 Å². The van der Waals surface area contributed by atoms with Crippen LogP contribution in [0.4, 0.5) is 18.0 Å². The molecule has 50 heavy (non-hydrogen) atoms. The van der Waals surface area contributed by atoms with Gasteiger partial charge in [0.25, 0.3) is 5.91 Å². The second-order valence-electron chi connectivity index (χ2n) is 15.9. The van der Waals surface area contributed by atoms with Crippen molar-refractivity contribution in [3.63, 3.8) is 0 Å². The van der Waals surface area contributed by atoms with E-state index in [-0.39, 0.29) is 24.9 Å². The number of carbonyl (C=O) groups is 6. The number of amides is 6. The van der Waals surface area contributed by atoms with Gasteiger partial charge in [0.1, 0.15) is 12.1 Å². The quantitative estimate of drug-likeness (QED) is 0.159. The van der Waals surface area contributed by atoms with Crippen LogP contribution in [0.5, 0.6) is 0 Å². The molecule has 15 heteroatoms. The van der Waals surface area contributed by atoms with Crippen molar-refractivity contribution in [3.05, 3.63) is 12.7 Å². The van der Waals surface area contributed by atoms with E-state index in [1.807, 2.05) is 34.6 Å². The van der Waals surface area contributed by atoms with Gasteiger partial charge in [0.15, 0.2) is 0 Å². The topological polar surface area (TPSA) is 157 Å². The molecule has 284 valence electrons. The summed E-state index contributed by atoms with van der Waals surface area (Å²) >= 11 is 0. The highest BCUT2D eigenvalue weighted by molar-refractivity contribution is 6.38. The Balaban J connectivity index is 2.35. The van der Waals surface area contributed by atoms with Crippen LogP contribution in [-0.4, -0.2) is 102 Å². The van der Waals surface area contributed by atoms with E-state index in [0.717, 1.165) is 12.8 Å². The molecule has 2 heterocycles. The summed E-state index contributed by atoms with van der Waals surface area (Å²) in [5.41, 5.74) is -1.29. The van der Waals surface area contributed by atoms with Crippen LogP contribution in [0.1, 0.15) is 93.9 Å². The molecule has 0 radical (unpaired) electrons. The van der Waals surface area contributed by atoms with Crippen molar-refractivity contribution in [1.82, 2.24) is 31.1 Å². The maximum absolute atomic E-state index is 14.3. The van der Waals surface area contributed by atoms with Gasteiger partial charge in [-0.1, -0.05) is 61.5 Å². The van der Waals surface area contributed by atoms with Gasteiger partial charge in [0, 0.05) is 39.0 Å². The summed E-state index contributed by atoms with van der Waals surface area (Å²) in [6.45, 7) is 19.1. The zero-order valence-electron chi connectivity index (χ0n) is 30.8. The fraction of sp³-hybridized carbons (Fsp3) is 0.771. The number of alkyl halides is 3. The third-order valence-corrected chi connectivity index (χ3v) is 9.40. The average molecular weight is 715 g/mol. The van der Waals surface area contributed by atoms with Crippen molar-refractivity contribution in [2.75, 3.05) is 26.2 Å². The van der Waals surface area contributed by atoms with Crippen molar-refractivity contribution in [1.29, 1.82) is 0 Å². The van der Waals surface area contributed by atoms with E-state index in [9.17, 15) is 41.9 Å². The number of halogens is 3. The zero-order chi connectivity index (χ0) is 38.2. The lowest BCUT2D eigenvalue weighted by Gasteiger charge is -2.39. The van der Waals surface area contributed by atoms with Crippen LogP contribution < -0.4 is 21.3 Å². The molecule has 0 aromatic rings. The number of nitrogens with zero attached hydrogens (tertiary/aromatic N) is 2. The lowest BCUT2D eigenvalue weighted by Crippen LogP contribution is -2.62. The zero-order valence-corrected chi connectivity index (χ0v) is 30.8. The first-order valence-corrected chi connectivity index (χ1v) is 17.4. The van der Waals surface area contributed by atoms with E-state index in [2.05, 4.69) is 27.8 Å². The number of urea groups is 1. The first kappa shape index (κ1) is 42.5. The van der Waals surface area contributed by atoms with Gasteiger partial charge in [-0.05, 0) is 48.3 Å². The molecule has 0 bridgehead atoms. The Bertz CT molecular complexity index is 1260. The number of hydrogen-bond acceptors (Lipinski definition) is 6. The Morgan fingerprint density at radius 3 is 2.10 bits per heavy atom. The number of nitrogens with one attached hydrogen (secondary N) is 4. The van der Waals surface area contributed by atoms with Gasteiger partial charge in [0.2, 0.25) is 23.5 Å². The minimum absolute atomic E-state index is 0.0215. The maximum atomic E-state index is 14.3. The third kappa shape index (κ3) is 12.3. The number of hydrogen-bond donors (Lipinski definition) is 4. The minimum Gasteiger partial charge on any atom is -0.346 e. The Morgan fingerprint density at radius 2 is 1.58 bits per heavy atom. The molecule has 0 aromatic carbocycles. The van der Waals surface area contributed by atoms with Crippen LogP contribution in [0.25, 0.3) is 0 Å². The van der Waals surface area contributed by atoms with Crippen molar-refractivity contribution in [3.8, 4) is 0 Å². The van der Waals surface area contributed by atoms with Gasteiger partial charge in [-0.25, -0.2) is 4.79 Å². The number of Topliss-reactive ketones (excluding diaryl/α,β-unsaturated/α-hetero) is 1. The summed E-state index contributed by atoms with van der Waals surface area (Å²) in [4.78, 5) is 82.7. The number of ketones is 1. The first-order valence-electron chi connectivity index (χ1n) is 17.4. The summed E-state index contributed by atoms with van der Waals surface area (Å²) in [7, 11) is 0. The largest absolute Gasteiger partial charge is 0.389 e. The molecule has 2 aliphatic rings. The van der Waals surface area contributed by atoms with E-state index in [4.69, 9.17) is 0 Å². The molecule has 2 saturated heterocycles. The molecule has 0 saturated carbocycles. The van der Waals surface area contributed by atoms with Gasteiger partial charge in [-0.15, -0.1) is 6.58 Å². The third-order valence-electron chi connectivity index (χ3n) is 9.40. The van der Waals surface area contributed by atoms with Crippen LogP contribution >= 0.6 is 0 Å². The van der Waals surface area contributed by atoms with E-state index < -0.39 is 89.5 Å².